The highest BCUT2D eigenvalue weighted by molar-refractivity contribution is 5.74. The van der Waals surface area contributed by atoms with Crippen LogP contribution in [-0.4, -0.2) is 63.7 Å². The van der Waals surface area contributed by atoms with Crippen molar-refractivity contribution in [2.75, 3.05) is 20.2 Å². The van der Waals surface area contributed by atoms with Crippen LogP contribution in [0, 0.1) is 0 Å². The van der Waals surface area contributed by atoms with Crippen molar-refractivity contribution in [2.45, 2.75) is 69.8 Å². The van der Waals surface area contributed by atoms with E-state index < -0.39 is 11.8 Å². The Morgan fingerprint density at radius 2 is 1.96 bits per heavy atom. The number of rotatable bonds is 3. The first-order chi connectivity index (χ1) is 12.7. The summed E-state index contributed by atoms with van der Waals surface area (Å²) in [6.07, 6.45) is -3.49. The van der Waals surface area contributed by atoms with Crippen LogP contribution >= 0.6 is 0 Å². The van der Waals surface area contributed by atoms with Crippen molar-refractivity contribution in [1.82, 2.24) is 25.0 Å². The maximum absolute atomic E-state index is 13.3. The van der Waals surface area contributed by atoms with Crippen LogP contribution in [0.2, 0.25) is 0 Å². The summed E-state index contributed by atoms with van der Waals surface area (Å²) in [4.78, 5) is 14.0. The van der Waals surface area contributed by atoms with Crippen molar-refractivity contribution in [3.63, 3.8) is 0 Å². The van der Waals surface area contributed by atoms with E-state index >= 15 is 0 Å². The molecule has 0 bridgehead atoms. The molecule has 1 saturated heterocycles. The van der Waals surface area contributed by atoms with Crippen LogP contribution < -0.4 is 5.32 Å². The first kappa shape index (κ1) is 19.9. The number of urea groups is 1. The number of hydrogen-bond donors (Lipinski definition) is 1. The van der Waals surface area contributed by atoms with Gasteiger partial charge in [0.15, 0.2) is 5.60 Å². The Kier molecular flexibility index (Phi) is 5.38. The van der Waals surface area contributed by atoms with Crippen molar-refractivity contribution in [2.24, 2.45) is 0 Å². The van der Waals surface area contributed by atoms with Crippen molar-refractivity contribution in [1.29, 1.82) is 0 Å². The molecule has 2 amide bonds. The molecule has 1 atom stereocenters. The lowest BCUT2D eigenvalue weighted by Crippen LogP contribution is -2.58. The van der Waals surface area contributed by atoms with Crippen molar-refractivity contribution in [3.05, 3.63) is 11.6 Å². The number of aromatic nitrogens is 3. The number of nitrogens with zero attached hydrogens (tertiary/aromatic N) is 4. The third-order valence-electron chi connectivity index (χ3n) is 5.59. The number of likely N-dealkylation sites (tertiary alicyclic amines) is 1. The Labute approximate surface area is 156 Å². The smallest absolute Gasteiger partial charge is 0.369 e. The minimum atomic E-state index is -4.44. The molecule has 0 saturated carbocycles. The van der Waals surface area contributed by atoms with Crippen LogP contribution in [0.4, 0.5) is 18.0 Å². The number of hydrogen-bond acceptors (Lipinski definition) is 4. The monoisotopic (exact) mass is 389 g/mol. The summed E-state index contributed by atoms with van der Waals surface area (Å²) >= 11 is 0. The summed E-state index contributed by atoms with van der Waals surface area (Å²) in [5.74, 6) is 2.03. The second-order valence-corrected chi connectivity index (χ2v) is 7.61. The van der Waals surface area contributed by atoms with E-state index in [1.165, 1.54) is 4.90 Å². The van der Waals surface area contributed by atoms with Gasteiger partial charge in [-0.05, 0) is 6.42 Å². The van der Waals surface area contributed by atoms with Crippen LogP contribution in [0.25, 0.3) is 0 Å². The molecule has 2 aliphatic rings. The summed E-state index contributed by atoms with van der Waals surface area (Å²) in [7, 11) is 1.08. The van der Waals surface area contributed by atoms with Gasteiger partial charge in [-0.2, -0.15) is 13.2 Å². The maximum Gasteiger partial charge on any atom is 0.417 e. The number of aryl methyl sites for hydroxylation is 1. The van der Waals surface area contributed by atoms with Crippen LogP contribution in [-0.2, 0) is 17.7 Å². The molecule has 1 fully saturated rings. The van der Waals surface area contributed by atoms with Crippen molar-refractivity contribution >= 4 is 6.03 Å². The standard InChI is InChI=1S/C17H26F3N5O2/c1-11(2)14-23-22-13-5-4-12(10-25(13)14)21-15(26)24-8-6-16(27-3,7-9-24)17(18,19)20/h11-12H,4-10H2,1-3H3,(H,21,26). The Morgan fingerprint density at radius 3 is 2.52 bits per heavy atom. The average Bonchev–Trinajstić information content (AvgIpc) is 3.04. The highest BCUT2D eigenvalue weighted by Crippen LogP contribution is 2.41. The van der Waals surface area contributed by atoms with Crippen molar-refractivity contribution in [3.8, 4) is 0 Å². The predicted molar refractivity (Wildman–Crippen MR) is 91.4 cm³/mol. The fourth-order valence-corrected chi connectivity index (χ4v) is 3.83. The van der Waals surface area contributed by atoms with E-state index in [2.05, 4.69) is 15.5 Å². The fraction of sp³-hybridized carbons (Fsp3) is 0.824. The van der Waals surface area contributed by atoms with Gasteiger partial charge in [0.25, 0.3) is 0 Å². The zero-order valence-corrected chi connectivity index (χ0v) is 15.8. The Hall–Kier alpha value is -1.84. The number of alkyl halides is 3. The largest absolute Gasteiger partial charge is 0.417 e. The van der Waals surface area contributed by atoms with E-state index in [9.17, 15) is 18.0 Å². The summed E-state index contributed by atoms with van der Waals surface area (Å²) in [6.45, 7) is 4.69. The van der Waals surface area contributed by atoms with E-state index in [1.54, 1.807) is 0 Å². The van der Waals surface area contributed by atoms with Gasteiger partial charge in [0, 0.05) is 58.0 Å². The van der Waals surface area contributed by atoms with E-state index in [-0.39, 0.29) is 43.9 Å². The van der Waals surface area contributed by atoms with E-state index in [0.717, 1.165) is 25.2 Å². The van der Waals surface area contributed by atoms with Crippen LogP contribution in [0.15, 0.2) is 0 Å². The van der Waals surface area contributed by atoms with Gasteiger partial charge < -0.3 is 19.5 Å². The van der Waals surface area contributed by atoms with Gasteiger partial charge in [-0.3, -0.25) is 0 Å². The molecular formula is C17H26F3N5O2. The molecule has 3 rings (SSSR count). The molecule has 0 aromatic carbocycles. The third-order valence-corrected chi connectivity index (χ3v) is 5.59. The molecule has 0 radical (unpaired) electrons. The lowest BCUT2D eigenvalue weighted by molar-refractivity contribution is -0.281. The minimum absolute atomic E-state index is 0.0149. The molecule has 10 heteroatoms. The number of amides is 2. The van der Waals surface area contributed by atoms with E-state index in [0.29, 0.717) is 13.0 Å². The Balaban J connectivity index is 1.58. The van der Waals surface area contributed by atoms with Gasteiger partial charge in [-0.25, -0.2) is 4.79 Å². The van der Waals surface area contributed by atoms with Gasteiger partial charge in [0.05, 0.1) is 0 Å². The maximum atomic E-state index is 13.3. The quantitative estimate of drug-likeness (QED) is 0.862. The number of ether oxygens (including phenoxy) is 1. The van der Waals surface area contributed by atoms with Crippen LogP contribution in [0.5, 0.6) is 0 Å². The molecule has 152 valence electrons. The lowest BCUT2D eigenvalue weighted by atomic mass is 9.90. The fourth-order valence-electron chi connectivity index (χ4n) is 3.83. The lowest BCUT2D eigenvalue weighted by Gasteiger charge is -2.42. The van der Waals surface area contributed by atoms with E-state index in [1.807, 2.05) is 18.4 Å². The molecule has 27 heavy (non-hydrogen) atoms. The molecular weight excluding hydrogens is 363 g/mol. The van der Waals surface area contributed by atoms with E-state index in [4.69, 9.17) is 4.74 Å². The number of piperidine rings is 1. The highest BCUT2D eigenvalue weighted by atomic mass is 19.4. The number of nitrogens with one attached hydrogen (secondary N) is 1. The van der Waals surface area contributed by atoms with Gasteiger partial charge in [-0.1, -0.05) is 13.8 Å². The zero-order chi connectivity index (χ0) is 19.8. The molecule has 3 heterocycles. The topological polar surface area (TPSA) is 72.3 Å². The van der Waals surface area contributed by atoms with Crippen molar-refractivity contribution < 1.29 is 22.7 Å². The molecule has 1 unspecified atom stereocenters. The number of methoxy groups -OCH3 is 1. The number of carbonyl (C=O) groups is 1. The third kappa shape index (κ3) is 3.76. The summed E-state index contributed by atoms with van der Waals surface area (Å²) < 4.78 is 46.6. The summed E-state index contributed by atoms with van der Waals surface area (Å²) in [5.41, 5.74) is -2.15. The van der Waals surface area contributed by atoms with Gasteiger partial charge in [0.1, 0.15) is 11.6 Å². The Bertz CT molecular complexity index is 681. The molecule has 0 aliphatic carbocycles. The zero-order valence-electron chi connectivity index (χ0n) is 15.8. The molecule has 1 N–H and O–H groups in total. The molecule has 2 aliphatic heterocycles. The molecule has 1 aromatic rings. The minimum Gasteiger partial charge on any atom is -0.369 e. The van der Waals surface area contributed by atoms with Gasteiger partial charge in [0.2, 0.25) is 0 Å². The molecule has 0 spiro atoms. The Morgan fingerprint density at radius 1 is 1.30 bits per heavy atom. The van der Waals surface area contributed by atoms with Crippen LogP contribution in [0.1, 0.15) is 50.7 Å². The molecule has 7 nitrogen and oxygen atoms in total. The first-order valence-electron chi connectivity index (χ1n) is 9.26. The second kappa shape index (κ2) is 7.29. The summed E-state index contributed by atoms with van der Waals surface area (Å²) in [6, 6.07) is -0.412. The second-order valence-electron chi connectivity index (χ2n) is 7.61. The van der Waals surface area contributed by atoms with Gasteiger partial charge >= 0.3 is 12.2 Å². The molecule has 1 aromatic heterocycles. The SMILES string of the molecule is COC1(C(F)(F)F)CCN(C(=O)NC2CCc3nnc(C(C)C)n3C2)CC1. The number of halogens is 3. The predicted octanol–water partition coefficient (Wildman–Crippen LogP) is 2.47. The number of carbonyl (C=O) groups excluding carboxylic acids is 1. The normalized spacial score (nSPS) is 22.6. The van der Waals surface area contributed by atoms with Gasteiger partial charge in [-0.15, -0.1) is 10.2 Å². The average molecular weight is 389 g/mol. The van der Waals surface area contributed by atoms with Crippen LogP contribution in [0.3, 0.4) is 0 Å². The number of fused-ring (bicyclic) bond motifs is 1. The first-order valence-corrected chi connectivity index (χ1v) is 9.26. The highest BCUT2D eigenvalue weighted by Gasteiger charge is 2.56. The summed E-state index contributed by atoms with van der Waals surface area (Å²) in [5, 5.41) is 11.4.